The molecule has 1 heterocycles. The van der Waals surface area contributed by atoms with Crippen LogP contribution in [0.4, 0.5) is 0 Å². The second-order valence-electron chi connectivity index (χ2n) is 6.02. The van der Waals surface area contributed by atoms with E-state index in [1.165, 1.54) is 16.7 Å². The Bertz CT molecular complexity index is 664. The van der Waals surface area contributed by atoms with Crippen molar-refractivity contribution in [2.75, 3.05) is 6.61 Å². The summed E-state index contributed by atoms with van der Waals surface area (Å²) >= 11 is 0. The Balaban J connectivity index is 1.67. The van der Waals surface area contributed by atoms with E-state index in [1.54, 1.807) is 0 Å². The summed E-state index contributed by atoms with van der Waals surface area (Å²) in [5, 5.41) is 0. The predicted molar refractivity (Wildman–Crippen MR) is 92.5 cm³/mol. The minimum atomic E-state index is -0.123. The van der Waals surface area contributed by atoms with E-state index in [0.717, 1.165) is 30.7 Å². The molecular weight excluding hydrogens is 286 g/mol. The van der Waals surface area contributed by atoms with Gasteiger partial charge in [-0.2, -0.15) is 0 Å². The Morgan fingerprint density at radius 2 is 1.91 bits per heavy atom. The summed E-state index contributed by atoms with van der Waals surface area (Å²) in [5.41, 5.74) is 5.78. The van der Waals surface area contributed by atoms with Gasteiger partial charge in [-0.05, 0) is 63.3 Å². The third kappa shape index (κ3) is 5.85. The number of hydrogen-bond acceptors (Lipinski definition) is 3. The van der Waals surface area contributed by atoms with Crippen LogP contribution in [0.15, 0.2) is 36.4 Å². The molecule has 0 unspecified atom stereocenters. The minimum Gasteiger partial charge on any atom is -0.466 e. The molecule has 2 aromatic rings. The van der Waals surface area contributed by atoms with Crippen LogP contribution in [0.3, 0.4) is 0 Å². The van der Waals surface area contributed by atoms with Crippen molar-refractivity contribution in [3.8, 4) is 0 Å². The smallest absolute Gasteiger partial charge is 0.306 e. The molecule has 0 aliphatic carbocycles. The van der Waals surface area contributed by atoms with Gasteiger partial charge in [0.25, 0.3) is 0 Å². The van der Waals surface area contributed by atoms with Gasteiger partial charge in [-0.25, -0.2) is 0 Å². The van der Waals surface area contributed by atoms with Gasteiger partial charge in [-0.15, -0.1) is 0 Å². The van der Waals surface area contributed by atoms with Crippen molar-refractivity contribution >= 4 is 5.97 Å². The van der Waals surface area contributed by atoms with Crippen LogP contribution in [0.2, 0.25) is 0 Å². The molecular formula is C20H25NO2. The van der Waals surface area contributed by atoms with Crippen LogP contribution < -0.4 is 0 Å². The van der Waals surface area contributed by atoms with E-state index < -0.39 is 0 Å². The van der Waals surface area contributed by atoms with Crippen LogP contribution in [0.25, 0.3) is 0 Å². The van der Waals surface area contributed by atoms with Gasteiger partial charge < -0.3 is 4.74 Å². The lowest BCUT2D eigenvalue weighted by Gasteiger charge is -2.08. The third-order valence-corrected chi connectivity index (χ3v) is 3.88. The summed E-state index contributed by atoms with van der Waals surface area (Å²) in [4.78, 5) is 16.3. The van der Waals surface area contributed by atoms with Gasteiger partial charge in [-0.1, -0.05) is 29.8 Å². The molecule has 3 nitrogen and oxygen atoms in total. The summed E-state index contributed by atoms with van der Waals surface area (Å²) in [7, 11) is 0. The van der Waals surface area contributed by atoms with E-state index in [-0.39, 0.29) is 5.97 Å². The molecule has 0 spiro atoms. The fourth-order valence-electron chi connectivity index (χ4n) is 2.61. The quantitative estimate of drug-likeness (QED) is 0.570. The highest BCUT2D eigenvalue weighted by Gasteiger charge is 2.06. The second kappa shape index (κ2) is 8.47. The van der Waals surface area contributed by atoms with E-state index in [1.807, 2.05) is 25.1 Å². The summed E-state index contributed by atoms with van der Waals surface area (Å²) in [5.74, 6) is -0.123. The summed E-state index contributed by atoms with van der Waals surface area (Å²) in [6, 6.07) is 12.3. The zero-order chi connectivity index (χ0) is 16.7. The zero-order valence-corrected chi connectivity index (χ0v) is 14.3. The molecule has 0 radical (unpaired) electrons. The number of pyridine rings is 1. The monoisotopic (exact) mass is 311 g/mol. The number of carbonyl (C=O) groups excluding carboxylic acids is 1. The topological polar surface area (TPSA) is 39.2 Å². The van der Waals surface area contributed by atoms with Gasteiger partial charge >= 0.3 is 5.97 Å². The van der Waals surface area contributed by atoms with Crippen molar-refractivity contribution < 1.29 is 9.53 Å². The molecule has 0 fully saturated rings. The minimum absolute atomic E-state index is 0.123. The first-order valence-electron chi connectivity index (χ1n) is 8.19. The maximum Gasteiger partial charge on any atom is 0.306 e. The molecule has 0 saturated heterocycles. The molecule has 1 aromatic carbocycles. The SMILES string of the molecule is Cc1ccc(CCC(=O)OCCCc2cccc(C)n2)c(C)c1. The molecule has 23 heavy (non-hydrogen) atoms. The summed E-state index contributed by atoms with van der Waals surface area (Å²) in [6.07, 6.45) is 2.83. The largest absolute Gasteiger partial charge is 0.466 e. The van der Waals surface area contributed by atoms with Gasteiger partial charge in [0.05, 0.1) is 6.61 Å². The number of ether oxygens (including phenoxy) is 1. The fraction of sp³-hybridized carbons (Fsp3) is 0.400. The van der Waals surface area contributed by atoms with Crippen molar-refractivity contribution in [1.82, 2.24) is 4.98 Å². The predicted octanol–water partition coefficient (Wildman–Crippen LogP) is 4.12. The van der Waals surface area contributed by atoms with Crippen LogP contribution in [0.5, 0.6) is 0 Å². The first-order valence-corrected chi connectivity index (χ1v) is 8.19. The molecule has 2 rings (SSSR count). The molecule has 1 aromatic heterocycles. The second-order valence-corrected chi connectivity index (χ2v) is 6.02. The Hall–Kier alpha value is -2.16. The molecule has 0 aliphatic rings. The molecule has 0 bridgehead atoms. The average molecular weight is 311 g/mol. The number of esters is 1. The van der Waals surface area contributed by atoms with Crippen LogP contribution >= 0.6 is 0 Å². The Morgan fingerprint density at radius 1 is 1.09 bits per heavy atom. The maximum atomic E-state index is 11.8. The van der Waals surface area contributed by atoms with Crippen molar-refractivity contribution in [3.05, 3.63) is 64.5 Å². The molecule has 0 saturated carbocycles. The van der Waals surface area contributed by atoms with E-state index in [9.17, 15) is 4.79 Å². The number of hydrogen-bond donors (Lipinski definition) is 0. The Morgan fingerprint density at radius 3 is 2.65 bits per heavy atom. The fourth-order valence-corrected chi connectivity index (χ4v) is 2.61. The number of rotatable bonds is 7. The average Bonchev–Trinajstić information content (AvgIpc) is 2.51. The number of nitrogens with zero attached hydrogens (tertiary/aromatic N) is 1. The van der Waals surface area contributed by atoms with E-state index in [4.69, 9.17) is 4.74 Å². The molecule has 0 amide bonds. The molecule has 0 aliphatic heterocycles. The zero-order valence-electron chi connectivity index (χ0n) is 14.3. The van der Waals surface area contributed by atoms with Gasteiger partial charge in [0, 0.05) is 17.8 Å². The number of aryl methyl sites for hydroxylation is 5. The van der Waals surface area contributed by atoms with Crippen molar-refractivity contribution in [3.63, 3.8) is 0 Å². The highest BCUT2D eigenvalue weighted by atomic mass is 16.5. The highest BCUT2D eigenvalue weighted by Crippen LogP contribution is 2.13. The van der Waals surface area contributed by atoms with Gasteiger partial charge in [0.1, 0.15) is 0 Å². The first-order chi connectivity index (χ1) is 11.0. The summed E-state index contributed by atoms with van der Waals surface area (Å²) in [6.45, 7) is 6.61. The third-order valence-electron chi connectivity index (χ3n) is 3.88. The van der Waals surface area contributed by atoms with Crippen molar-refractivity contribution in [1.29, 1.82) is 0 Å². The number of aromatic nitrogens is 1. The van der Waals surface area contributed by atoms with Gasteiger partial charge in [0.2, 0.25) is 0 Å². The molecule has 3 heteroatoms. The maximum absolute atomic E-state index is 11.8. The van der Waals surface area contributed by atoms with E-state index >= 15 is 0 Å². The Labute approximate surface area is 138 Å². The van der Waals surface area contributed by atoms with Crippen LogP contribution in [-0.2, 0) is 22.4 Å². The standard InChI is InChI=1S/C20H25NO2/c1-15-9-10-18(16(2)14-15)11-12-20(22)23-13-5-8-19-7-4-6-17(3)21-19/h4,6-7,9-10,14H,5,8,11-13H2,1-3H3. The van der Waals surface area contributed by atoms with Crippen LogP contribution in [-0.4, -0.2) is 17.6 Å². The van der Waals surface area contributed by atoms with Gasteiger partial charge in [-0.3, -0.25) is 9.78 Å². The lowest BCUT2D eigenvalue weighted by molar-refractivity contribution is -0.143. The van der Waals surface area contributed by atoms with E-state index in [0.29, 0.717) is 13.0 Å². The Kier molecular flexibility index (Phi) is 6.33. The molecule has 0 N–H and O–H groups in total. The summed E-state index contributed by atoms with van der Waals surface area (Å²) < 4.78 is 5.31. The van der Waals surface area contributed by atoms with Crippen molar-refractivity contribution in [2.45, 2.75) is 46.5 Å². The lowest BCUT2D eigenvalue weighted by Crippen LogP contribution is -2.08. The first kappa shape index (κ1) is 17.2. The molecule has 122 valence electrons. The van der Waals surface area contributed by atoms with Crippen LogP contribution in [0.1, 0.15) is 40.9 Å². The van der Waals surface area contributed by atoms with E-state index in [2.05, 4.69) is 37.0 Å². The highest BCUT2D eigenvalue weighted by molar-refractivity contribution is 5.69. The number of carbonyl (C=O) groups is 1. The van der Waals surface area contributed by atoms with Crippen molar-refractivity contribution in [2.24, 2.45) is 0 Å². The van der Waals surface area contributed by atoms with Gasteiger partial charge in [0.15, 0.2) is 0 Å². The normalized spacial score (nSPS) is 10.6. The van der Waals surface area contributed by atoms with Crippen LogP contribution in [0, 0.1) is 20.8 Å². The number of benzene rings is 1. The molecule has 0 atom stereocenters. The lowest BCUT2D eigenvalue weighted by atomic mass is 10.0.